The maximum Gasteiger partial charge on any atom is 0.317 e. The number of rotatable bonds is 5. The second-order valence-electron chi connectivity index (χ2n) is 6.45. The maximum atomic E-state index is 11.7. The Morgan fingerprint density at radius 2 is 1.86 bits per heavy atom. The van der Waals surface area contributed by atoms with E-state index in [1.54, 1.807) is 14.1 Å². The second kappa shape index (κ2) is 7.64. The smallest absolute Gasteiger partial charge is 0.317 e. The van der Waals surface area contributed by atoms with Gasteiger partial charge in [-0.1, -0.05) is 12.8 Å². The van der Waals surface area contributed by atoms with Crippen LogP contribution in [0.2, 0.25) is 0 Å². The van der Waals surface area contributed by atoms with Crippen molar-refractivity contribution in [3.63, 3.8) is 0 Å². The first-order chi connectivity index (χ1) is 10.1. The molecule has 1 saturated heterocycles. The fourth-order valence-electron chi connectivity index (χ4n) is 3.26. The second-order valence-corrected chi connectivity index (χ2v) is 6.45. The van der Waals surface area contributed by atoms with Gasteiger partial charge in [-0.2, -0.15) is 0 Å². The van der Waals surface area contributed by atoms with Crippen LogP contribution in [0, 0.1) is 5.92 Å². The van der Waals surface area contributed by atoms with Crippen molar-refractivity contribution in [3.05, 3.63) is 0 Å². The maximum absolute atomic E-state index is 11.7. The third kappa shape index (κ3) is 4.88. The third-order valence-electron chi connectivity index (χ3n) is 4.55. The number of hydrogen-bond acceptors (Lipinski definition) is 3. The molecule has 6 heteroatoms. The molecule has 0 aromatic carbocycles. The van der Waals surface area contributed by atoms with E-state index < -0.39 is 0 Å². The Balaban J connectivity index is 1.60. The summed E-state index contributed by atoms with van der Waals surface area (Å²) in [6.07, 6.45) is 6.59. The van der Waals surface area contributed by atoms with Crippen molar-refractivity contribution >= 4 is 11.9 Å². The Bertz CT molecular complexity index is 367. The lowest BCUT2D eigenvalue weighted by Crippen LogP contribution is -2.42. The van der Waals surface area contributed by atoms with Gasteiger partial charge >= 0.3 is 6.03 Å². The number of nitrogens with zero attached hydrogens (tertiary/aromatic N) is 2. The molecule has 0 spiro atoms. The molecule has 0 aromatic heterocycles. The zero-order chi connectivity index (χ0) is 15.2. The topological polar surface area (TPSA) is 64.7 Å². The molecule has 2 rings (SSSR count). The van der Waals surface area contributed by atoms with E-state index in [2.05, 4.69) is 15.5 Å². The fourth-order valence-corrected chi connectivity index (χ4v) is 3.26. The number of nitrogens with one attached hydrogen (secondary N) is 2. The Morgan fingerprint density at radius 3 is 2.52 bits per heavy atom. The van der Waals surface area contributed by atoms with E-state index in [1.165, 1.54) is 43.5 Å². The highest BCUT2D eigenvalue weighted by Gasteiger charge is 2.29. The molecule has 21 heavy (non-hydrogen) atoms. The van der Waals surface area contributed by atoms with Gasteiger partial charge in [0.2, 0.25) is 5.91 Å². The highest BCUT2D eigenvalue weighted by Crippen LogP contribution is 2.28. The summed E-state index contributed by atoms with van der Waals surface area (Å²) < 4.78 is 0. The van der Waals surface area contributed by atoms with Gasteiger partial charge in [0.1, 0.15) is 0 Å². The van der Waals surface area contributed by atoms with E-state index in [9.17, 15) is 9.59 Å². The molecule has 1 aliphatic heterocycles. The predicted molar refractivity (Wildman–Crippen MR) is 82.0 cm³/mol. The molecule has 0 aromatic rings. The molecule has 6 nitrogen and oxygen atoms in total. The molecule has 2 aliphatic rings. The average molecular weight is 296 g/mol. The highest BCUT2D eigenvalue weighted by molar-refractivity contribution is 5.83. The van der Waals surface area contributed by atoms with Crippen LogP contribution in [0.4, 0.5) is 4.79 Å². The van der Waals surface area contributed by atoms with Crippen molar-refractivity contribution in [2.75, 3.05) is 40.3 Å². The Labute approximate surface area is 127 Å². The zero-order valence-electron chi connectivity index (χ0n) is 13.2. The van der Waals surface area contributed by atoms with Crippen LogP contribution in [-0.2, 0) is 4.79 Å². The van der Waals surface area contributed by atoms with E-state index >= 15 is 0 Å². The summed E-state index contributed by atoms with van der Waals surface area (Å²) in [5.41, 5.74) is 0. The third-order valence-corrected chi connectivity index (χ3v) is 4.55. The van der Waals surface area contributed by atoms with Crippen LogP contribution in [0.15, 0.2) is 0 Å². The molecule has 0 bridgehead atoms. The normalized spacial score (nSPS) is 23.2. The molecule has 1 atom stereocenters. The van der Waals surface area contributed by atoms with E-state index in [-0.39, 0.29) is 18.5 Å². The number of amides is 3. The first-order valence-electron chi connectivity index (χ1n) is 8.02. The van der Waals surface area contributed by atoms with Gasteiger partial charge in [0, 0.05) is 33.2 Å². The lowest BCUT2D eigenvalue weighted by Gasteiger charge is -2.23. The van der Waals surface area contributed by atoms with Crippen molar-refractivity contribution in [2.24, 2.45) is 5.92 Å². The van der Waals surface area contributed by atoms with Gasteiger partial charge < -0.3 is 20.4 Å². The monoisotopic (exact) mass is 296 g/mol. The minimum Gasteiger partial charge on any atom is -0.354 e. The summed E-state index contributed by atoms with van der Waals surface area (Å²) in [7, 11) is 3.31. The quantitative estimate of drug-likeness (QED) is 0.782. The SMILES string of the molecule is CN(C)C(=O)NCC(=O)NC[C@@H]1CCN(C2CCCC2)C1. The molecular formula is C15H28N4O2. The summed E-state index contributed by atoms with van der Waals surface area (Å²) in [5.74, 6) is 0.448. The van der Waals surface area contributed by atoms with Crippen LogP contribution in [0.5, 0.6) is 0 Å². The summed E-state index contributed by atoms with van der Waals surface area (Å²) >= 11 is 0. The van der Waals surface area contributed by atoms with Crippen molar-refractivity contribution in [2.45, 2.75) is 38.1 Å². The van der Waals surface area contributed by atoms with Crippen LogP contribution in [0.25, 0.3) is 0 Å². The van der Waals surface area contributed by atoms with E-state index in [4.69, 9.17) is 0 Å². The van der Waals surface area contributed by atoms with Gasteiger partial charge in [0.25, 0.3) is 0 Å². The highest BCUT2D eigenvalue weighted by atomic mass is 16.2. The van der Waals surface area contributed by atoms with Gasteiger partial charge in [0.05, 0.1) is 6.54 Å². The molecule has 0 unspecified atom stereocenters. The fraction of sp³-hybridized carbons (Fsp3) is 0.867. The van der Waals surface area contributed by atoms with Gasteiger partial charge in [-0.3, -0.25) is 4.79 Å². The van der Waals surface area contributed by atoms with Gasteiger partial charge in [0.15, 0.2) is 0 Å². The molecule has 120 valence electrons. The first-order valence-corrected chi connectivity index (χ1v) is 8.02. The first kappa shape index (κ1) is 16.1. The Hall–Kier alpha value is -1.30. The number of urea groups is 1. The van der Waals surface area contributed by atoms with Crippen molar-refractivity contribution in [1.82, 2.24) is 20.4 Å². The van der Waals surface area contributed by atoms with E-state index in [0.29, 0.717) is 5.92 Å². The molecule has 1 saturated carbocycles. The van der Waals surface area contributed by atoms with Gasteiger partial charge in [-0.25, -0.2) is 4.79 Å². The molecule has 2 N–H and O–H groups in total. The van der Waals surface area contributed by atoms with Gasteiger partial charge in [-0.05, 0) is 31.7 Å². The van der Waals surface area contributed by atoms with E-state index in [0.717, 1.165) is 19.1 Å². The number of likely N-dealkylation sites (tertiary alicyclic amines) is 1. The van der Waals surface area contributed by atoms with E-state index in [1.807, 2.05) is 0 Å². The Morgan fingerprint density at radius 1 is 1.14 bits per heavy atom. The minimum absolute atomic E-state index is 0.0517. The molecule has 1 aliphatic carbocycles. The minimum atomic E-state index is -0.238. The standard InChI is InChI=1S/C15H28N4O2/c1-18(2)15(21)17-10-14(20)16-9-12-7-8-19(11-12)13-5-3-4-6-13/h12-13H,3-11H2,1-2H3,(H,16,20)(H,17,21)/t12-/m0/s1. The van der Waals surface area contributed by atoms with Crippen LogP contribution >= 0.6 is 0 Å². The van der Waals surface area contributed by atoms with Crippen molar-refractivity contribution in [3.8, 4) is 0 Å². The largest absolute Gasteiger partial charge is 0.354 e. The molecular weight excluding hydrogens is 268 g/mol. The van der Waals surface area contributed by atoms with Crippen LogP contribution in [0.1, 0.15) is 32.1 Å². The van der Waals surface area contributed by atoms with Gasteiger partial charge in [-0.15, -0.1) is 0 Å². The van der Waals surface area contributed by atoms with Crippen molar-refractivity contribution in [1.29, 1.82) is 0 Å². The number of carbonyl (C=O) groups excluding carboxylic acids is 2. The Kier molecular flexibility index (Phi) is 5.85. The summed E-state index contributed by atoms with van der Waals surface area (Å²) in [5, 5.41) is 5.51. The zero-order valence-corrected chi connectivity index (χ0v) is 13.2. The summed E-state index contributed by atoms with van der Waals surface area (Å²) in [6.45, 7) is 3.05. The molecule has 3 amide bonds. The lowest BCUT2D eigenvalue weighted by atomic mass is 10.1. The number of hydrogen-bond donors (Lipinski definition) is 2. The van der Waals surface area contributed by atoms with Crippen LogP contribution < -0.4 is 10.6 Å². The van der Waals surface area contributed by atoms with Crippen LogP contribution in [-0.4, -0.2) is 68.1 Å². The number of carbonyl (C=O) groups is 2. The van der Waals surface area contributed by atoms with Crippen molar-refractivity contribution < 1.29 is 9.59 Å². The average Bonchev–Trinajstić information content (AvgIpc) is 3.12. The summed E-state index contributed by atoms with van der Waals surface area (Å²) in [4.78, 5) is 27.0. The summed E-state index contributed by atoms with van der Waals surface area (Å²) in [6, 6.07) is 0.545. The molecule has 0 radical (unpaired) electrons. The lowest BCUT2D eigenvalue weighted by molar-refractivity contribution is -0.120. The van der Waals surface area contributed by atoms with Crippen LogP contribution in [0.3, 0.4) is 0 Å². The molecule has 2 fully saturated rings. The predicted octanol–water partition coefficient (Wildman–Crippen LogP) is 0.638. The molecule has 1 heterocycles.